The fourth-order valence-electron chi connectivity index (χ4n) is 2.75. The third-order valence-electron chi connectivity index (χ3n) is 4.34. The van der Waals surface area contributed by atoms with E-state index in [-0.39, 0.29) is 31.4 Å². The van der Waals surface area contributed by atoms with Crippen LogP contribution < -0.4 is 4.74 Å². The van der Waals surface area contributed by atoms with Crippen molar-refractivity contribution >= 4 is 24.8 Å². The molecule has 1 saturated heterocycles. The average Bonchev–Trinajstić information content (AvgIpc) is 2.51. The summed E-state index contributed by atoms with van der Waals surface area (Å²) < 4.78 is 5.76. The van der Waals surface area contributed by atoms with Crippen LogP contribution in [0.2, 0.25) is 0 Å². The maximum atomic E-state index is 10.2. The second-order valence-electron chi connectivity index (χ2n) is 6.03. The Kier molecular flexibility index (Phi) is 11.6. The minimum Gasteiger partial charge on any atom is -0.491 e. The summed E-state index contributed by atoms with van der Waals surface area (Å²) in [6.45, 7) is 9.77. The number of nitrogens with zero attached hydrogens (tertiary/aromatic N) is 2. The molecule has 24 heavy (non-hydrogen) atoms. The van der Waals surface area contributed by atoms with E-state index in [0.29, 0.717) is 13.2 Å². The summed E-state index contributed by atoms with van der Waals surface area (Å²) in [6.07, 6.45) is -0.482. The highest BCUT2D eigenvalue weighted by Gasteiger charge is 2.19. The fourth-order valence-corrected chi connectivity index (χ4v) is 2.75. The Morgan fingerprint density at radius 3 is 2.33 bits per heavy atom. The molecule has 1 atom stereocenters. The molecule has 1 aliphatic heterocycles. The van der Waals surface area contributed by atoms with Gasteiger partial charge in [0.15, 0.2) is 0 Å². The molecule has 1 aliphatic rings. The lowest BCUT2D eigenvalue weighted by atomic mass is 10.1. The number of hydrogen-bond donors (Lipinski definition) is 2. The van der Waals surface area contributed by atoms with Crippen molar-refractivity contribution < 1.29 is 14.9 Å². The Hall–Kier alpha value is -0.560. The number of rotatable bonds is 7. The molecule has 0 aromatic heterocycles. The Morgan fingerprint density at radius 2 is 1.71 bits per heavy atom. The lowest BCUT2D eigenvalue weighted by Gasteiger charge is -2.35. The standard InChI is InChI=1S/C17H28N2O3.2ClH/c1-14-4-3-5-17(15(14)2)22-13-16(21)12-19-8-6-18(7-9-19)10-11-20;;/h3-5,16,20-21H,6-13H2,1-2H3;2*1H. The molecule has 1 unspecified atom stereocenters. The zero-order chi connectivity index (χ0) is 15.9. The SMILES string of the molecule is Cc1cccc(OCC(O)CN2CCN(CCO)CC2)c1C.Cl.Cl. The number of halogens is 2. The lowest BCUT2D eigenvalue weighted by Crippen LogP contribution is -2.49. The van der Waals surface area contributed by atoms with Crippen LogP contribution in [0.4, 0.5) is 0 Å². The number of aliphatic hydroxyl groups excluding tert-OH is 2. The average molecular weight is 381 g/mol. The molecule has 140 valence electrons. The highest BCUT2D eigenvalue weighted by molar-refractivity contribution is 5.85. The fraction of sp³-hybridized carbons (Fsp3) is 0.647. The number of β-amino-alcohol motifs (C(OH)–C–C–N with tert-alkyl or cyclic N) is 2. The van der Waals surface area contributed by atoms with Gasteiger partial charge in [-0.25, -0.2) is 0 Å². The topological polar surface area (TPSA) is 56.2 Å². The molecule has 1 aromatic carbocycles. The quantitative estimate of drug-likeness (QED) is 0.750. The van der Waals surface area contributed by atoms with Crippen molar-refractivity contribution in [2.75, 3.05) is 52.5 Å². The summed E-state index contributed by atoms with van der Waals surface area (Å²) in [6, 6.07) is 5.98. The van der Waals surface area contributed by atoms with E-state index in [4.69, 9.17) is 9.84 Å². The smallest absolute Gasteiger partial charge is 0.122 e. The van der Waals surface area contributed by atoms with E-state index >= 15 is 0 Å². The molecule has 0 radical (unpaired) electrons. The molecule has 2 rings (SSSR count). The van der Waals surface area contributed by atoms with E-state index in [1.807, 2.05) is 19.1 Å². The van der Waals surface area contributed by atoms with E-state index in [9.17, 15) is 5.11 Å². The zero-order valence-corrected chi connectivity index (χ0v) is 16.1. The molecule has 0 aliphatic carbocycles. The van der Waals surface area contributed by atoms with Crippen LogP contribution in [0.3, 0.4) is 0 Å². The van der Waals surface area contributed by atoms with Gasteiger partial charge in [0.1, 0.15) is 18.5 Å². The number of aryl methyl sites for hydroxylation is 1. The number of aliphatic hydroxyl groups is 2. The molecule has 1 fully saturated rings. The van der Waals surface area contributed by atoms with Gasteiger partial charge in [-0.2, -0.15) is 0 Å². The summed E-state index contributed by atoms with van der Waals surface area (Å²) in [5, 5.41) is 19.1. The minimum absolute atomic E-state index is 0. The van der Waals surface area contributed by atoms with Crippen molar-refractivity contribution in [3.05, 3.63) is 29.3 Å². The summed E-state index contributed by atoms with van der Waals surface area (Å²) in [5.74, 6) is 0.854. The molecular weight excluding hydrogens is 351 g/mol. The summed E-state index contributed by atoms with van der Waals surface area (Å²) in [5.41, 5.74) is 2.33. The van der Waals surface area contributed by atoms with Gasteiger partial charge in [-0.1, -0.05) is 12.1 Å². The molecule has 0 spiro atoms. The maximum absolute atomic E-state index is 10.2. The predicted molar refractivity (Wildman–Crippen MR) is 102 cm³/mol. The summed E-state index contributed by atoms with van der Waals surface area (Å²) in [7, 11) is 0. The molecular formula is C17H30Cl2N2O3. The second kappa shape index (κ2) is 11.9. The van der Waals surface area contributed by atoms with Gasteiger partial charge in [0.05, 0.1) is 6.61 Å². The Morgan fingerprint density at radius 1 is 1.08 bits per heavy atom. The molecule has 1 heterocycles. The lowest BCUT2D eigenvalue weighted by molar-refractivity contribution is 0.0427. The number of hydrogen-bond acceptors (Lipinski definition) is 5. The first-order valence-electron chi connectivity index (χ1n) is 8.03. The van der Waals surface area contributed by atoms with Crippen LogP contribution in [-0.4, -0.2) is 78.6 Å². The third-order valence-corrected chi connectivity index (χ3v) is 4.34. The first kappa shape index (κ1) is 23.4. The van der Waals surface area contributed by atoms with Gasteiger partial charge in [-0.05, 0) is 31.0 Å². The van der Waals surface area contributed by atoms with E-state index in [2.05, 4.69) is 22.8 Å². The van der Waals surface area contributed by atoms with E-state index in [1.54, 1.807) is 0 Å². The molecule has 0 saturated carbocycles. The van der Waals surface area contributed by atoms with Gasteiger partial charge in [0.2, 0.25) is 0 Å². The Labute approximate surface area is 157 Å². The van der Waals surface area contributed by atoms with Crippen LogP contribution in [-0.2, 0) is 0 Å². The predicted octanol–water partition coefficient (Wildman–Crippen LogP) is 1.50. The monoisotopic (exact) mass is 380 g/mol. The Bertz CT molecular complexity index is 469. The molecule has 0 bridgehead atoms. The maximum Gasteiger partial charge on any atom is 0.122 e. The highest BCUT2D eigenvalue weighted by Crippen LogP contribution is 2.20. The minimum atomic E-state index is -0.482. The largest absolute Gasteiger partial charge is 0.491 e. The number of ether oxygens (including phenoxy) is 1. The van der Waals surface area contributed by atoms with E-state index in [1.165, 1.54) is 5.56 Å². The zero-order valence-electron chi connectivity index (χ0n) is 14.5. The van der Waals surface area contributed by atoms with Crippen molar-refractivity contribution in [2.24, 2.45) is 0 Å². The molecule has 2 N–H and O–H groups in total. The summed E-state index contributed by atoms with van der Waals surface area (Å²) >= 11 is 0. The molecule has 0 amide bonds. The normalized spacial score (nSPS) is 16.8. The molecule has 1 aromatic rings. The van der Waals surface area contributed by atoms with Gasteiger partial charge in [0.25, 0.3) is 0 Å². The highest BCUT2D eigenvalue weighted by atomic mass is 35.5. The van der Waals surface area contributed by atoms with Crippen LogP contribution in [0.1, 0.15) is 11.1 Å². The van der Waals surface area contributed by atoms with Gasteiger partial charge < -0.3 is 14.9 Å². The van der Waals surface area contributed by atoms with Crippen LogP contribution >= 0.6 is 24.8 Å². The number of benzene rings is 1. The van der Waals surface area contributed by atoms with E-state index in [0.717, 1.165) is 44.0 Å². The first-order chi connectivity index (χ1) is 10.6. The van der Waals surface area contributed by atoms with Crippen LogP contribution in [0.25, 0.3) is 0 Å². The van der Waals surface area contributed by atoms with Gasteiger partial charge >= 0.3 is 0 Å². The van der Waals surface area contributed by atoms with Gasteiger partial charge in [0, 0.05) is 39.3 Å². The second-order valence-corrected chi connectivity index (χ2v) is 6.03. The van der Waals surface area contributed by atoms with Crippen molar-refractivity contribution in [2.45, 2.75) is 20.0 Å². The molecule has 5 nitrogen and oxygen atoms in total. The van der Waals surface area contributed by atoms with Crippen LogP contribution in [0.5, 0.6) is 5.75 Å². The van der Waals surface area contributed by atoms with Crippen LogP contribution in [0.15, 0.2) is 18.2 Å². The third kappa shape index (κ3) is 7.13. The first-order valence-corrected chi connectivity index (χ1v) is 8.03. The van der Waals surface area contributed by atoms with Gasteiger partial charge in [-0.3, -0.25) is 9.80 Å². The van der Waals surface area contributed by atoms with Crippen molar-refractivity contribution in [3.8, 4) is 5.75 Å². The van der Waals surface area contributed by atoms with E-state index < -0.39 is 6.10 Å². The van der Waals surface area contributed by atoms with Crippen molar-refractivity contribution in [1.82, 2.24) is 9.80 Å². The summed E-state index contributed by atoms with van der Waals surface area (Å²) in [4.78, 5) is 4.50. The van der Waals surface area contributed by atoms with Crippen molar-refractivity contribution in [3.63, 3.8) is 0 Å². The molecule has 7 heteroatoms. The van der Waals surface area contributed by atoms with Gasteiger partial charge in [-0.15, -0.1) is 24.8 Å². The number of piperazine rings is 1. The Balaban J connectivity index is 0.00000264. The van der Waals surface area contributed by atoms with Crippen LogP contribution in [0, 0.1) is 13.8 Å². The van der Waals surface area contributed by atoms with Crippen molar-refractivity contribution in [1.29, 1.82) is 0 Å².